The number of hydrogen-bond acceptors (Lipinski definition) is 4. The van der Waals surface area contributed by atoms with Gasteiger partial charge < -0.3 is 5.32 Å². The summed E-state index contributed by atoms with van der Waals surface area (Å²) in [4.78, 5) is 9.49. The summed E-state index contributed by atoms with van der Waals surface area (Å²) in [5.41, 5.74) is 1.26. The first-order valence-corrected chi connectivity index (χ1v) is 7.90. The normalized spacial score (nSPS) is 27.6. The van der Waals surface area contributed by atoms with E-state index < -0.39 is 0 Å². The summed E-state index contributed by atoms with van der Waals surface area (Å²) in [6, 6.07) is 5.65. The van der Waals surface area contributed by atoms with Gasteiger partial charge in [0.05, 0.1) is 0 Å². The Kier molecular flexibility index (Phi) is 4.65. The average Bonchev–Trinajstić information content (AvgIpc) is 2.91. The van der Waals surface area contributed by atoms with Gasteiger partial charge in [0.25, 0.3) is 0 Å². The van der Waals surface area contributed by atoms with Crippen LogP contribution in [0.3, 0.4) is 0 Å². The van der Waals surface area contributed by atoms with E-state index in [1.807, 2.05) is 18.5 Å². The molecule has 2 aliphatic rings. The van der Waals surface area contributed by atoms with Crippen molar-refractivity contribution in [1.82, 2.24) is 20.1 Å². The first-order valence-electron chi connectivity index (χ1n) is 7.90. The molecule has 2 fully saturated rings. The molecule has 0 aromatic carbocycles. The molecule has 0 radical (unpaired) electrons. The van der Waals surface area contributed by atoms with E-state index in [-0.39, 0.29) is 0 Å². The molecule has 2 atom stereocenters. The molecule has 3 rings (SSSR count). The van der Waals surface area contributed by atoms with Gasteiger partial charge in [-0.3, -0.25) is 14.8 Å². The van der Waals surface area contributed by atoms with Crippen LogP contribution in [-0.4, -0.2) is 59.6 Å². The van der Waals surface area contributed by atoms with Crippen molar-refractivity contribution in [3.63, 3.8) is 0 Å². The number of nitrogens with one attached hydrogen (secondary N) is 1. The fraction of sp³-hybridized carbons (Fsp3) is 0.688. The van der Waals surface area contributed by atoms with E-state index >= 15 is 0 Å². The first kappa shape index (κ1) is 14.0. The minimum absolute atomic E-state index is 0.699. The van der Waals surface area contributed by atoms with Crippen molar-refractivity contribution in [3.05, 3.63) is 30.1 Å². The Morgan fingerprint density at radius 2 is 2.35 bits per heavy atom. The highest BCUT2D eigenvalue weighted by Gasteiger charge is 2.33. The number of pyridine rings is 1. The SMILES string of the molecule is CC1CN2CCCC2CN1CCNCc1cccnc1. The van der Waals surface area contributed by atoms with Crippen molar-refractivity contribution in [2.24, 2.45) is 0 Å². The van der Waals surface area contributed by atoms with Crippen molar-refractivity contribution in [1.29, 1.82) is 0 Å². The zero-order valence-electron chi connectivity index (χ0n) is 12.5. The second-order valence-electron chi connectivity index (χ2n) is 6.17. The fourth-order valence-electron chi connectivity index (χ4n) is 3.52. The quantitative estimate of drug-likeness (QED) is 0.821. The lowest BCUT2D eigenvalue weighted by molar-refractivity contribution is 0.0603. The summed E-state index contributed by atoms with van der Waals surface area (Å²) < 4.78 is 0. The van der Waals surface area contributed by atoms with Gasteiger partial charge in [-0.2, -0.15) is 0 Å². The van der Waals surface area contributed by atoms with Gasteiger partial charge in [0.2, 0.25) is 0 Å². The molecule has 3 heterocycles. The number of aromatic nitrogens is 1. The predicted octanol–water partition coefficient (Wildman–Crippen LogP) is 1.34. The summed E-state index contributed by atoms with van der Waals surface area (Å²) >= 11 is 0. The van der Waals surface area contributed by atoms with Gasteiger partial charge >= 0.3 is 0 Å². The van der Waals surface area contributed by atoms with Gasteiger partial charge in [0.1, 0.15) is 0 Å². The van der Waals surface area contributed by atoms with Crippen LogP contribution in [0.2, 0.25) is 0 Å². The Bertz CT molecular complexity index is 408. The Morgan fingerprint density at radius 3 is 3.20 bits per heavy atom. The highest BCUT2D eigenvalue weighted by molar-refractivity contribution is 5.07. The highest BCUT2D eigenvalue weighted by Crippen LogP contribution is 2.24. The molecule has 0 amide bonds. The fourth-order valence-corrected chi connectivity index (χ4v) is 3.52. The Morgan fingerprint density at radius 1 is 1.40 bits per heavy atom. The smallest absolute Gasteiger partial charge is 0.0312 e. The molecule has 110 valence electrons. The minimum atomic E-state index is 0.699. The molecule has 4 nitrogen and oxygen atoms in total. The molecule has 0 bridgehead atoms. The molecule has 20 heavy (non-hydrogen) atoms. The van der Waals surface area contributed by atoms with E-state index in [4.69, 9.17) is 0 Å². The van der Waals surface area contributed by atoms with Crippen LogP contribution in [0.15, 0.2) is 24.5 Å². The third-order valence-electron chi connectivity index (χ3n) is 4.69. The number of nitrogens with zero attached hydrogens (tertiary/aromatic N) is 3. The maximum Gasteiger partial charge on any atom is 0.0312 e. The van der Waals surface area contributed by atoms with Gasteiger partial charge in [-0.05, 0) is 37.9 Å². The van der Waals surface area contributed by atoms with Crippen LogP contribution < -0.4 is 5.32 Å². The van der Waals surface area contributed by atoms with E-state index in [1.165, 1.54) is 38.0 Å². The topological polar surface area (TPSA) is 31.4 Å². The lowest BCUT2D eigenvalue weighted by atomic mass is 10.1. The highest BCUT2D eigenvalue weighted by atomic mass is 15.3. The van der Waals surface area contributed by atoms with Crippen LogP contribution in [0.4, 0.5) is 0 Å². The molecule has 1 N–H and O–H groups in total. The second-order valence-corrected chi connectivity index (χ2v) is 6.17. The Labute approximate surface area is 122 Å². The third-order valence-corrected chi connectivity index (χ3v) is 4.69. The van der Waals surface area contributed by atoms with Crippen molar-refractivity contribution in [2.45, 2.75) is 38.4 Å². The van der Waals surface area contributed by atoms with Crippen LogP contribution in [0, 0.1) is 0 Å². The van der Waals surface area contributed by atoms with Crippen molar-refractivity contribution >= 4 is 0 Å². The van der Waals surface area contributed by atoms with Crippen molar-refractivity contribution in [3.8, 4) is 0 Å². The van der Waals surface area contributed by atoms with Crippen LogP contribution >= 0.6 is 0 Å². The molecule has 2 saturated heterocycles. The standard InChI is InChI=1S/C16H26N4/c1-14-12-20-8-3-5-16(20)13-19(14)9-7-18-11-15-4-2-6-17-10-15/h2,4,6,10,14,16,18H,3,5,7-9,11-13H2,1H3. The zero-order chi connectivity index (χ0) is 13.8. The molecular formula is C16H26N4. The van der Waals surface area contributed by atoms with E-state index in [1.54, 1.807) is 0 Å². The van der Waals surface area contributed by atoms with E-state index in [9.17, 15) is 0 Å². The number of piperazine rings is 1. The molecule has 1 aromatic heterocycles. The van der Waals surface area contributed by atoms with Gasteiger partial charge in [0.15, 0.2) is 0 Å². The van der Waals surface area contributed by atoms with E-state index in [0.717, 1.165) is 25.7 Å². The van der Waals surface area contributed by atoms with Crippen LogP contribution in [0.1, 0.15) is 25.3 Å². The van der Waals surface area contributed by atoms with Gasteiger partial charge in [-0.25, -0.2) is 0 Å². The molecule has 0 spiro atoms. The van der Waals surface area contributed by atoms with Crippen molar-refractivity contribution in [2.75, 3.05) is 32.7 Å². The summed E-state index contributed by atoms with van der Waals surface area (Å²) in [6.45, 7) is 9.35. The van der Waals surface area contributed by atoms with E-state index in [0.29, 0.717) is 6.04 Å². The van der Waals surface area contributed by atoms with E-state index in [2.05, 4.69) is 33.1 Å². The summed E-state index contributed by atoms with van der Waals surface area (Å²) in [5, 5.41) is 3.53. The minimum Gasteiger partial charge on any atom is -0.311 e. The predicted molar refractivity (Wildman–Crippen MR) is 81.6 cm³/mol. The van der Waals surface area contributed by atoms with Crippen LogP contribution in [0.25, 0.3) is 0 Å². The van der Waals surface area contributed by atoms with Gasteiger partial charge in [-0.1, -0.05) is 6.07 Å². The second kappa shape index (κ2) is 6.66. The maximum atomic E-state index is 4.15. The van der Waals surface area contributed by atoms with Crippen LogP contribution in [0.5, 0.6) is 0 Å². The average molecular weight is 274 g/mol. The number of rotatable bonds is 5. The summed E-state index contributed by atoms with van der Waals surface area (Å²) in [6.07, 6.45) is 6.55. The first-order chi connectivity index (χ1) is 9.83. The molecular weight excluding hydrogens is 248 g/mol. The maximum absolute atomic E-state index is 4.15. The van der Waals surface area contributed by atoms with Crippen LogP contribution in [-0.2, 0) is 6.54 Å². The molecule has 4 heteroatoms. The molecule has 0 saturated carbocycles. The molecule has 0 aliphatic carbocycles. The lowest BCUT2D eigenvalue weighted by Gasteiger charge is -2.42. The van der Waals surface area contributed by atoms with Gasteiger partial charge in [0, 0.05) is 57.2 Å². The molecule has 2 unspecified atom stereocenters. The van der Waals surface area contributed by atoms with Crippen molar-refractivity contribution < 1.29 is 0 Å². The zero-order valence-corrected chi connectivity index (χ0v) is 12.5. The summed E-state index contributed by atoms with van der Waals surface area (Å²) in [7, 11) is 0. The largest absolute Gasteiger partial charge is 0.311 e. The summed E-state index contributed by atoms with van der Waals surface area (Å²) in [5.74, 6) is 0. The molecule has 1 aromatic rings. The van der Waals surface area contributed by atoms with Gasteiger partial charge in [-0.15, -0.1) is 0 Å². The monoisotopic (exact) mass is 274 g/mol. The third kappa shape index (κ3) is 3.37. The lowest BCUT2D eigenvalue weighted by Crippen LogP contribution is -2.55. The Hall–Kier alpha value is -0.970. The molecule has 2 aliphatic heterocycles. The Balaban J connectivity index is 1.40. The number of hydrogen-bond donors (Lipinski definition) is 1. The number of fused-ring (bicyclic) bond motifs is 1.